The third kappa shape index (κ3) is 3.99. The SMILES string of the molecule is CCCC(=O)NC(=O)c1cccc(I)c1. The first-order valence-electron chi connectivity index (χ1n) is 4.73. The molecule has 0 aliphatic rings. The molecule has 0 radical (unpaired) electrons. The number of nitrogens with one attached hydrogen (secondary N) is 1. The monoisotopic (exact) mass is 317 g/mol. The molecule has 1 N–H and O–H groups in total. The second-order valence-corrected chi connectivity index (χ2v) is 4.38. The number of carbonyl (C=O) groups excluding carboxylic acids is 2. The maximum atomic E-state index is 11.5. The Labute approximate surface area is 102 Å². The fourth-order valence-electron chi connectivity index (χ4n) is 1.12. The minimum atomic E-state index is -0.327. The Hall–Kier alpha value is -0.910. The van der Waals surface area contributed by atoms with Crippen LogP contribution in [0.25, 0.3) is 0 Å². The molecule has 15 heavy (non-hydrogen) atoms. The molecule has 0 aliphatic heterocycles. The molecular weight excluding hydrogens is 305 g/mol. The fourth-order valence-corrected chi connectivity index (χ4v) is 1.66. The molecule has 80 valence electrons. The highest BCUT2D eigenvalue weighted by Crippen LogP contribution is 2.07. The molecule has 3 nitrogen and oxygen atoms in total. The number of benzene rings is 1. The van der Waals surface area contributed by atoms with Crippen LogP contribution in [0.1, 0.15) is 30.1 Å². The van der Waals surface area contributed by atoms with Gasteiger partial charge in [-0.2, -0.15) is 0 Å². The predicted molar refractivity (Wildman–Crippen MR) is 66.5 cm³/mol. The molecule has 0 spiro atoms. The van der Waals surface area contributed by atoms with Crippen molar-refractivity contribution in [2.75, 3.05) is 0 Å². The summed E-state index contributed by atoms with van der Waals surface area (Å²) < 4.78 is 0.975. The first kappa shape index (κ1) is 12.2. The molecular formula is C11H12INO2. The summed E-state index contributed by atoms with van der Waals surface area (Å²) in [7, 11) is 0. The summed E-state index contributed by atoms with van der Waals surface area (Å²) in [5.41, 5.74) is 0.520. The second kappa shape index (κ2) is 5.85. The minimum absolute atomic E-state index is 0.221. The van der Waals surface area contributed by atoms with Gasteiger partial charge in [0, 0.05) is 15.6 Å². The van der Waals surface area contributed by atoms with Crippen LogP contribution in [-0.2, 0) is 4.79 Å². The highest BCUT2D eigenvalue weighted by atomic mass is 127. The predicted octanol–water partition coefficient (Wildman–Crippen LogP) is 2.35. The number of rotatable bonds is 3. The van der Waals surface area contributed by atoms with E-state index in [-0.39, 0.29) is 11.8 Å². The summed E-state index contributed by atoms with van der Waals surface area (Å²) >= 11 is 2.12. The Morgan fingerprint density at radius 3 is 2.73 bits per heavy atom. The van der Waals surface area contributed by atoms with E-state index in [1.54, 1.807) is 18.2 Å². The summed E-state index contributed by atoms with van der Waals surface area (Å²) in [5.74, 6) is -0.548. The molecule has 1 aromatic carbocycles. The van der Waals surface area contributed by atoms with Crippen LogP contribution in [0.2, 0.25) is 0 Å². The van der Waals surface area contributed by atoms with Gasteiger partial charge in [-0.15, -0.1) is 0 Å². The van der Waals surface area contributed by atoms with Crippen LogP contribution < -0.4 is 5.32 Å². The van der Waals surface area contributed by atoms with Crippen molar-refractivity contribution in [3.63, 3.8) is 0 Å². The Morgan fingerprint density at radius 2 is 2.13 bits per heavy atom. The van der Waals surface area contributed by atoms with Gasteiger partial charge in [0.1, 0.15) is 0 Å². The smallest absolute Gasteiger partial charge is 0.257 e. The van der Waals surface area contributed by atoms with Gasteiger partial charge in [-0.05, 0) is 47.2 Å². The van der Waals surface area contributed by atoms with Crippen molar-refractivity contribution in [1.82, 2.24) is 5.32 Å². The van der Waals surface area contributed by atoms with Crippen molar-refractivity contribution in [3.05, 3.63) is 33.4 Å². The van der Waals surface area contributed by atoms with E-state index >= 15 is 0 Å². The summed E-state index contributed by atoms with van der Waals surface area (Å²) in [5, 5.41) is 2.34. The summed E-state index contributed by atoms with van der Waals surface area (Å²) in [6, 6.07) is 7.12. The van der Waals surface area contributed by atoms with Crippen molar-refractivity contribution in [1.29, 1.82) is 0 Å². The van der Waals surface area contributed by atoms with E-state index in [4.69, 9.17) is 0 Å². The van der Waals surface area contributed by atoms with Gasteiger partial charge >= 0.3 is 0 Å². The zero-order valence-electron chi connectivity index (χ0n) is 8.42. The van der Waals surface area contributed by atoms with E-state index in [9.17, 15) is 9.59 Å². The fraction of sp³-hybridized carbons (Fsp3) is 0.273. The van der Waals surface area contributed by atoms with Crippen LogP contribution >= 0.6 is 22.6 Å². The van der Waals surface area contributed by atoms with Crippen LogP contribution in [0.4, 0.5) is 0 Å². The third-order valence-electron chi connectivity index (χ3n) is 1.82. The first-order valence-corrected chi connectivity index (χ1v) is 5.81. The normalized spacial score (nSPS) is 9.73. The van der Waals surface area contributed by atoms with E-state index < -0.39 is 0 Å². The van der Waals surface area contributed by atoms with Gasteiger partial charge in [0.15, 0.2) is 0 Å². The van der Waals surface area contributed by atoms with Crippen molar-refractivity contribution < 1.29 is 9.59 Å². The molecule has 0 aliphatic carbocycles. The molecule has 1 rings (SSSR count). The maximum absolute atomic E-state index is 11.5. The van der Waals surface area contributed by atoms with E-state index in [1.165, 1.54) is 0 Å². The lowest BCUT2D eigenvalue weighted by Crippen LogP contribution is -2.30. The number of imide groups is 1. The number of hydrogen-bond acceptors (Lipinski definition) is 2. The first-order chi connectivity index (χ1) is 7.13. The van der Waals surface area contributed by atoms with Crippen LogP contribution in [-0.4, -0.2) is 11.8 Å². The molecule has 0 bridgehead atoms. The molecule has 0 unspecified atom stereocenters. The van der Waals surface area contributed by atoms with Gasteiger partial charge in [-0.3, -0.25) is 14.9 Å². The van der Waals surface area contributed by atoms with E-state index in [1.807, 2.05) is 13.0 Å². The average Bonchev–Trinajstić information content (AvgIpc) is 2.18. The van der Waals surface area contributed by atoms with Crippen LogP contribution in [0.15, 0.2) is 24.3 Å². The summed E-state index contributed by atoms with van der Waals surface area (Å²) in [6.45, 7) is 1.90. The van der Waals surface area contributed by atoms with Gasteiger partial charge in [-0.1, -0.05) is 13.0 Å². The maximum Gasteiger partial charge on any atom is 0.257 e. The van der Waals surface area contributed by atoms with Gasteiger partial charge < -0.3 is 0 Å². The highest BCUT2D eigenvalue weighted by Gasteiger charge is 2.09. The van der Waals surface area contributed by atoms with E-state index in [2.05, 4.69) is 27.9 Å². The standard InChI is InChI=1S/C11H12INO2/c1-2-4-10(14)13-11(15)8-5-3-6-9(12)7-8/h3,5-7H,2,4H2,1H3,(H,13,14,15). The van der Waals surface area contributed by atoms with Crippen molar-refractivity contribution >= 4 is 34.4 Å². The lowest BCUT2D eigenvalue weighted by molar-refractivity contribution is -0.120. The minimum Gasteiger partial charge on any atom is -0.292 e. The van der Waals surface area contributed by atoms with Gasteiger partial charge in [0.2, 0.25) is 5.91 Å². The molecule has 0 fully saturated rings. The topological polar surface area (TPSA) is 46.2 Å². The zero-order valence-corrected chi connectivity index (χ0v) is 10.6. The Bertz CT molecular complexity index is 377. The third-order valence-corrected chi connectivity index (χ3v) is 2.49. The van der Waals surface area contributed by atoms with Crippen molar-refractivity contribution in [2.24, 2.45) is 0 Å². The molecule has 0 aromatic heterocycles. The van der Waals surface area contributed by atoms with Crippen LogP contribution in [0.3, 0.4) is 0 Å². The second-order valence-electron chi connectivity index (χ2n) is 3.14. The molecule has 0 atom stereocenters. The molecule has 0 saturated heterocycles. The number of hydrogen-bond donors (Lipinski definition) is 1. The number of halogens is 1. The van der Waals surface area contributed by atoms with Crippen LogP contribution in [0.5, 0.6) is 0 Å². The molecule has 4 heteroatoms. The van der Waals surface area contributed by atoms with Crippen molar-refractivity contribution in [2.45, 2.75) is 19.8 Å². The lowest BCUT2D eigenvalue weighted by atomic mass is 10.2. The van der Waals surface area contributed by atoms with Crippen LogP contribution in [0, 0.1) is 3.57 Å². The molecule has 1 aromatic rings. The number of carbonyl (C=O) groups is 2. The Kier molecular flexibility index (Phi) is 4.74. The molecule has 0 saturated carbocycles. The summed E-state index contributed by atoms with van der Waals surface area (Å²) in [6.07, 6.45) is 1.13. The number of amides is 2. The van der Waals surface area contributed by atoms with E-state index in [0.717, 1.165) is 9.99 Å². The quantitative estimate of drug-likeness (QED) is 0.870. The van der Waals surface area contributed by atoms with Gasteiger partial charge in [-0.25, -0.2) is 0 Å². The van der Waals surface area contributed by atoms with E-state index in [0.29, 0.717) is 12.0 Å². The largest absolute Gasteiger partial charge is 0.292 e. The van der Waals surface area contributed by atoms with Gasteiger partial charge in [0.05, 0.1) is 0 Å². The Morgan fingerprint density at radius 1 is 1.40 bits per heavy atom. The zero-order chi connectivity index (χ0) is 11.3. The summed E-state index contributed by atoms with van der Waals surface area (Å²) in [4.78, 5) is 22.7. The van der Waals surface area contributed by atoms with Gasteiger partial charge in [0.25, 0.3) is 5.91 Å². The molecule has 2 amide bonds. The highest BCUT2D eigenvalue weighted by molar-refractivity contribution is 14.1. The Balaban J connectivity index is 2.65. The van der Waals surface area contributed by atoms with Crippen molar-refractivity contribution in [3.8, 4) is 0 Å². The lowest BCUT2D eigenvalue weighted by Gasteiger charge is -2.03. The average molecular weight is 317 g/mol. The molecule has 0 heterocycles.